The number of hydrogen-bond acceptors (Lipinski definition) is 3. The molecule has 0 bridgehead atoms. The fourth-order valence-corrected chi connectivity index (χ4v) is 1.90. The Bertz CT molecular complexity index is 302. The summed E-state index contributed by atoms with van der Waals surface area (Å²) in [5.41, 5.74) is 5.91. The molecule has 3 nitrogen and oxygen atoms in total. The third kappa shape index (κ3) is 5.12. The van der Waals surface area contributed by atoms with Crippen molar-refractivity contribution < 1.29 is 4.79 Å². The smallest absolute Gasteiger partial charge is 0.222 e. The topological polar surface area (TPSA) is 55.1 Å². The number of hydrogen-bond donors (Lipinski definition) is 2. The Kier molecular flexibility index (Phi) is 6.06. The third-order valence-electron chi connectivity index (χ3n) is 2.50. The van der Waals surface area contributed by atoms with Crippen molar-refractivity contribution in [2.24, 2.45) is 11.7 Å². The van der Waals surface area contributed by atoms with E-state index in [0.29, 0.717) is 13.0 Å². The molecule has 1 aliphatic rings. The number of halogens is 2. The molecule has 0 radical (unpaired) electrons. The molecule has 16 heavy (non-hydrogen) atoms. The van der Waals surface area contributed by atoms with Gasteiger partial charge in [-0.15, -0.1) is 0 Å². The molecule has 0 aromatic rings. The number of carbonyl (C=O) groups excluding carboxylic acids is 1. The van der Waals surface area contributed by atoms with Gasteiger partial charge in [0, 0.05) is 24.0 Å². The van der Waals surface area contributed by atoms with Gasteiger partial charge in [0.1, 0.15) is 0 Å². The van der Waals surface area contributed by atoms with E-state index in [1.807, 2.05) is 18.2 Å². The molecule has 0 heterocycles. The second-order valence-electron chi connectivity index (χ2n) is 3.80. The van der Waals surface area contributed by atoms with Crippen LogP contribution in [0.25, 0.3) is 0 Å². The molecule has 2 unspecified atom stereocenters. The van der Waals surface area contributed by atoms with Gasteiger partial charge in [-0.05, 0) is 36.6 Å². The summed E-state index contributed by atoms with van der Waals surface area (Å²) in [6, 6.07) is 0.0268. The van der Waals surface area contributed by atoms with Crippen molar-refractivity contribution in [3.63, 3.8) is 0 Å². The van der Waals surface area contributed by atoms with Crippen LogP contribution in [0.5, 0.6) is 0 Å². The van der Waals surface area contributed by atoms with Crippen LogP contribution in [0.3, 0.4) is 0 Å². The summed E-state index contributed by atoms with van der Waals surface area (Å²) < 4.78 is 0. The lowest BCUT2D eigenvalue weighted by Gasteiger charge is -2.21. The summed E-state index contributed by atoms with van der Waals surface area (Å²) >= 11 is 11.1. The first-order valence-corrected chi connectivity index (χ1v) is 6.05. The van der Waals surface area contributed by atoms with Crippen LogP contribution in [0.4, 0.5) is 0 Å². The minimum absolute atomic E-state index is 0.0268. The monoisotopic (exact) mass is 262 g/mol. The van der Waals surface area contributed by atoms with E-state index in [9.17, 15) is 4.79 Å². The van der Waals surface area contributed by atoms with Crippen molar-refractivity contribution in [3.8, 4) is 0 Å². The Labute approximate surface area is 106 Å². The maximum absolute atomic E-state index is 10.5. The van der Waals surface area contributed by atoms with Crippen LogP contribution in [-0.4, -0.2) is 24.4 Å². The first kappa shape index (κ1) is 13.7. The second kappa shape index (κ2) is 7.07. The lowest BCUT2D eigenvalue weighted by molar-refractivity contribution is -0.111. The van der Waals surface area contributed by atoms with Crippen LogP contribution in [0.2, 0.25) is 0 Å². The highest BCUT2D eigenvalue weighted by Crippen LogP contribution is 2.20. The Morgan fingerprint density at radius 3 is 2.94 bits per heavy atom. The van der Waals surface area contributed by atoms with Crippen LogP contribution < -0.4 is 11.1 Å². The summed E-state index contributed by atoms with van der Waals surface area (Å²) in [5.74, 6) is 0.261. The van der Waals surface area contributed by atoms with Gasteiger partial charge in [0.2, 0.25) is 5.24 Å². The first-order chi connectivity index (χ1) is 7.59. The quantitative estimate of drug-likeness (QED) is 0.567. The molecule has 0 aliphatic heterocycles. The standard InChI is InChI=1S/C11H16Cl2N2O/c12-9-1-2-10(14)8(7-9)3-5-15-6-4-11(13)16/h1-2,7-8,10,15H,3-6,14H2. The molecule has 0 saturated heterocycles. The molecular weight excluding hydrogens is 247 g/mol. The SMILES string of the molecule is NC1C=CC(Cl)=CC1CCNCCC(=O)Cl. The predicted octanol–water partition coefficient (Wildman–Crippen LogP) is 1.76. The zero-order chi connectivity index (χ0) is 12.0. The zero-order valence-electron chi connectivity index (χ0n) is 8.96. The summed E-state index contributed by atoms with van der Waals surface area (Å²) in [6.45, 7) is 1.41. The van der Waals surface area contributed by atoms with Gasteiger partial charge < -0.3 is 11.1 Å². The van der Waals surface area contributed by atoms with E-state index in [0.717, 1.165) is 18.0 Å². The average Bonchev–Trinajstić information content (AvgIpc) is 2.22. The molecule has 3 N–H and O–H groups in total. The van der Waals surface area contributed by atoms with Crippen molar-refractivity contribution in [2.75, 3.05) is 13.1 Å². The van der Waals surface area contributed by atoms with Crippen molar-refractivity contribution in [1.82, 2.24) is 5.32 Å². The summed E-state index contributed by atoms with van der Waals surface area (Å²) in [5, 5.41) is 3.57. The van der Waals surface area contributed by atoms with Crippen molar-refractivity contribution in [3.05, 3.63) is 23.3 Å². The minimum atomic E-state index is -0.312. The molecule has 0 saturated carbocycles. The lowest BCUT2D eigenvalue weighted by atomic mass is 9.93. The first-order valence-electron chi connectivity index (χ1n) is 5.30. The van der Waals surface area contributed by atoms with Gasteiger partial charge in [-0.25, -0.2) is 0 Å². The Balaban J connectivity index is 2.17. The normalized spacial score (nSPS) is 24.3. The van der Waals surface area contributed by atoms with E-state index in [1.54, 1.807) is 0 Å². The van der Waals surface area contributed by atoms with E-state index in [1.165, 1.54) is 0 Å². The van der Waals surface area contributed by atoms with E-state index in [4.69, 9.17) is 28.9 Å². The average molecular weight is 263 g/mol. The van der Waals surface area contributed by atoms with Crippen LogP contribution in [0.1, 0.15) is 12.8 Å². The maximum Gasteiger partial charge on any atom is 0.222 e. The number of nitrogens with one attached hydrogen (secondary N) is 1. The molecule has 1 rings (SSSR count). The Morgan fingerprint density at radius 2 is 2.25 bits per heavy atom. The van der Waals surface area contributed by atoms with E-state index >= 15 is 0 Å². The Morgan fingerprint density at radius 1 is 1.50 bits per heavy atom. The molecule has 90 valence electrons. The largest absolute Gasteiger partial charge is 0.324 e. The Hall–Kier alpha value is -0.350. The number of carbonyl (C=O) groups is 1. The molecule has 0 spiro atoms. The van der Waals surface area contributed by atoms with E-state index < -0.39 is 0 Å². The lowest BCUT2D eigenvalue weighted by Crippen LogP contribution is -2.31. The fraction of sp³-hybridized carbons (Fsp3) is 0.545. The fourth-order valence-electron chi connectivity index (χ4n) is 1.57. The maximum atomic E-state index is 10.5. The van der Waals surface area contributed by atoms with Crippen molar-refractivity contribution >= 4 is 28.4 Å². The molecule has 0 aromatic carbocycles. The summed E-state index contributed by atoms with van der Waals surface area (Å²) in [6.07, 6.45) is 6.96. The van der Waals surface area contributed by atoms with E-state index in [2.05, 4.69) is 5.32 Å². The van der Waals surface area contributed by atoms with Crippen LogP contribution in [0, 0.1) is 5.92 Å². The van der Waals surface area contributed by atoms with Gasteiger partial charge >= 0.3 is 0 Å². The second-order valence-corrected chi connectivity index (χ2v) is 4.65. The van der Waals surface area contributed by atoms with Gasteiger partial charge in [0.25, 0.3) is 0 Å². The molecule has 0 amide bonds. The highest BCUT2D eigenvalue weighted by Gasteiger charge is 2.16. The van der Waals surface area contributed by atoms with Gasteiger partial charge in [-0.2, -0.15) is 0 Å². The highest BCUT2D eigenvalue weighted by molar-refractivity contribution is 6.63. The molecule has 2 atom stereocenters. The third-order valence-corrected chi connectivity index (χ3v) is 2.94. The van der Waals surface area contributed by atoms with E-state index in [-0.39, 0.29) is 17.2 Å². The van der Waals surface area contributed by atoms with Gasteiger partial charge in [-0.1, -0.05) is 23.8 Å². The summed E-state index contributed by atoms with van der Waals surface area (Å²) in [7, 11) is 0. The van der Waals surface area contributed by atoms with Gasteiger partial charge in [-0.3, -0.25) is 4.79 Å². The predicted molar refractivity (Wildman–Crippen MR) is 67.5 cm³/mol. The van der Waals surface area contributed by atoms with Gasteiger partial charge in [0.15, 0.2) is 0 Å². The molecule has 0 aromatic heterocycles. The highest BCUT2D eigenvalue weighted by atomic mass is 35.5. The number of rotatable bonds is 6. The summed E-state index contributed by atoms with van der Waals surface area (Å²) in [4.78, 5) is 10.5. The minimum Gasteiger partial charge on any atom is -0.324 e. The molecule has 5 heteroatoms. The van der Waals surface area contributed by atoms with Crippen molar-refractivity contribution in [1.29, 1.82) is 0 Å². The van der Waals surface area contributed by atoms with Gasteiger partial charge in [0.05, 0.1) is 0 Å². The van der Waals surface area contributed by atoms with Crippen LogP contribution in [-0.2, 0) is 4.79 Å². The molecule has 0 fully saturated rings. The van der Waals surface area contributed by atoms with Crippen LogP contribution in [0.15, 0.2) is 23.3 Å². The van der Waals surface area contributed by atoms with Crippen molar-refractivity contribution in [2.45, 2.75) is 18.9 Å². The van der Waals surface area contributed by atoms with Crippen LogP contribution >= 0.6 is 23.2 Å². The molecular formula is C11H16Cl2N2O. The molecule has 1 aliphatic carbocycles. The number of nitrogens with two attached hydrogens (primary N) is 1. The zero-order valence-corrected chi connectivity index (χ0v) is 10.5. The number of allylic oxidation sites excluding steroid dienone is 2.